The number of hydrogen-bond acceptors (Lipinski definition) is 8. The van der Waals surface area contributed by atoms with Crippen molar-refractivity contribution in [1.29, 1.82) is 0 Å². The van der Waals surface area contributed by atoms with Gasteiger partial charge >= 0.3 is 0 Å². The lowest BCUT2D eigenvalue weighted by Gasteiger charge is -2.39. The van der Waals surface area contributed by atoms with Crippen molar-refractivity contribution < 1.29 is 29.3 Å². The molecular formula is C42H52N4O6. The second-order valence-electron chi connectivity index (χ2n) is 13.6. The molecule has 2 amide bonds. The first-order valence-electron chi connectivity index (χ1n) is 18.1. The molecule has 0 unspecified atom stereocenters. The summed E-state index contributed by atoms with van der Waals surface area (Å²) in [6.45, 7) is 2.99. The van der Waals surface area contributed by atoms with Crippen LogP contribution in [-0.4, -0.2) is 52.7 Å². The molecular weight excluding hydrogens is 656 g/mol. The van der Waals surface area contributed by atoms with Crippen LogP contribution < -0.4 is 16.4 Å². The van der Waals surface area contributed by atoms with Crippen molar-refractivity contribution in [2.45, 2.75) is 89.2 Å². The van der Waals surface area contributed by atoms with E-state index in [9.17, 15) is 19.8 Å². The van der Waals surface area contributed by atoms with Crippen LogP contribution in [0, 0.1) is 0 Å². The van der Waals surface area contributed by atoms with Crippen molar-refractivity contribution in [2.75, 3.05) is 24.6 Å². The first-order chi connectivity index (χ1) is 25.2. The fourth-order valence-electron chi connectivity index (χ4n) is 6.34. The molecule has 5 atom stereocenters. The van der Waals surface area contributed by atoms with Crippen molar-refractivity contribution in [3.63, 3.8) is 0 Å². The summed E-state index contributed by atoms with van der Waals surface area (Å²) in [4.78, 5) is 26.9. The molecule has 6 N–H and O–H groups in total. The molecule has 52 heavy (non-hydrogen) atoms. The van der Waals surface area contributed by atoms with Crippen LogP contribution in [-0.2, 0) is 32.2 Å². The number of aliphatic hydroxyl groups excluding tert-OH is 2. The quantitative estimate of drug-likeness (QED) is 0.0612. The molecule has 1 heterocycles. The predicted octanol–water partition coefficient (Wildman–Crippen LogP) is 6.57. The number of nitrogen functional groups attached to an aromatic ring is 1. The molecule has 276 valence electrons. The van der Waals surface area contributed by atoms with Gasteiger partial charge in [0.25, 0.3) is 0 Å². The van der Waals surface area contributed by atoms with Gasteiger partial charge in [-0.25, -0.2) is 0 Å². The third kappa shape index (κ3) is 11.2. The Kier molecular flexibility index (Phi) is 14.4. The second-order valence-corrected chi connectivity index (χ2v) is 13.6. The Balaban J connectivity index is 1.11. The summed E-state index contributed by atoms with van der Waals surface area (Å²) in [5.74, 6) is -0.114. The molecule has 10 nitrogen and oxygen atoms in total. The van der Waals surface area contributed by atoms with Gasteiger partial charge in [0, 0.05) is 44.0 Å². The van der Waals surface area contributed by atoms with Crippen LogP contribution in [0.4, 0.5) is 11.4 Å². The van der Waals surface area contributed by atoms with Gasteiger partial charge in [0.1, 0.15) is 0 Å². The Morgan fingerprint density at radius 3 is 2.15 bits per heavy atom. The number of rotatable bonds is 17. The van der Waals surface area contributed by atoms with Gasteiger partial charge in [0.15, 0.2) is 6.29 Å². The van der Waals surface area contributed by atoms with Gasteiger partial charge in [-0.15, -0.1) is 0 Å². The molecule has 0 saturated carbocycles. The number of nitrogens with zero attached hydrogens (tertiary/aromatic N) is 1. The van der Waals surface area contributed by atoms with Crippen molar-refractivity contribution in [3.8, 4) is 0 Å². The number of aliphatic hydroxyl groups is 2. The van der Waals surface area contributed by atoms with E-state index in [4.69, 9.17) is 15.2 Å². The number of carbonyl (C=O) groups excluding carboxylic acids is 2. The average Bonchev–Trinajstić information content (AvgIpc) is 3.17. The summed E-state index contributed by atoms with van der Waals surface area (Å²) in [5.41, 5.74) is 11.6. The monoisotopic (exact) mass is 708 g/mol. The molecule has 1 aliphatic rings. The van der Waals surface area contributed by atoms with Crippen LogP contribution in [0.15, 0.2) is 103 Å². The number of nitrogens with two attached hydrogens (primary N) is 1. The maximum absolute atomic E-state index is 12.5. The molecule has 4 aromatic carbocycles. The number of para-hydroxylation sites is 2. The van der Waals surface area contributed by atoms with Gasteiger partial charge in [0.05, 0.1) is 36.3 Å². The van der Waals surface area contributed by atoms with Gasteiger partial charge < -0.3 is 36.1 Å². The Hall–Kier alpha value is -4.58. The van der Waals surface area contributed by atoms with E-state index in [2.05, 4.69) is 15.5 Å². The number of ether oxygens (including phenoxy) is 2. The van der Waals surface area contributed by atoms with Gasteiger partial charge in [-0.1, -0.05) is 97.4 Å². The summed E-state index contributed by atoms with van der Waals surface area (Å²) in [7, 11) is 2.00. The molecule has 0 aromatic heterocycles. The van der Waals surface area contributed by atoms with Crippen molar-refractivity contribution in [1.82, 2.24) is 10.2 Å². The van der Waals surface area contributed by atoms with Crippen molar-refractivity contribution in [2.24, 2.45) is 0 Å². The van der Waals surface area contributed by atoms with Crippen LogP contribution in [0.5, 0.6) is 0 Å². The van der Waals surface area contributed by atoms with E-state index < -0.39 is 12.4 Å². The van der Waals surface area contributed by atoms with E-state index in [1.807, 2.05) is 105 Å². The predicted molar refractivity (Wildman–Crippen MR) is 203 cm³/mol. The second kappa shape index (κ2) is 19.3. The van der Waals surface area contributed by atoms with Crippen LogP contribution in [0.1, 0.15) is 91.8 Å². The summed E-state index contributed by atoms with van der Waals surface area (Å²) >= 11 is 0. The number of nitrogens with one attached hydrogen (secondary N) is 2. The lowest BCUT2D eigenvalue weighted by Crippen LogP contribution is -2.43. The van der Waals surface area contributed by atoms with E-state index in [-0.39, 0.29) is 36.7 Å². The zero-order valence-electron chi connectivity index (χ0n) is 30.1. The first kappa shape index (κ1) is 38.6. The molecule has 0 radical (unpaired) electrons. The largest absolute Gasteiger partial charge is 0.397 e. The van der Waals surface area contributed by atoms with Gasteiger partial charge in [-0.05, 0) is 61.2 Å². The molecule has 0 bridgehead atoms. The standard InChI is InChI=1S/C42H52N4O6/c1-29(41(50)33-11-5-3-6-12-33)46(2)27-35-25-38(32-21-19-31(28-47)20-22-32)52-42(51-35)34-23-17-30(18-24-34)26-44-39(48)15-7-4-8-16-40(49)45-37-14-10-9-13-36(37)43/h3,5-6,9-14,17-24,29,35,38,41-42,47,50H,4,7-8,15-16,25-28,43H2,1-2H3,(H,44,48)(H,45,49)/t29-,35-,38+,41-,42+/m0/s1. The molecule has 1 fully saturated rings. The van der Waals surface area contributed by atoms with Crippen LogP contribution in [0.2, 0.25) is 0 Å². The third-order valence-corrected chi connectivity index (χ3v) is 9.68. The summed E-state index contributed by atoms with van der Waals surface area (Å²) in [5, 5.41) is 26.4. The fraction of sp³-hybridized carbons (Fsp3) is 0.381. The van der Waals surface area contributed by atoms with Crippen molar-refractivity contribution >= 4 is 23.2 Å². The highest BCUT2D eigenvalue weighted by molar-refractivity contribution is 5.93. The fourth-order valence-corrected chi connectivity index (χ4v) is 6.34. The molecule has 1 saturated heterocycles. The number of hydrogen-bond donors (Lipinski definition) is 5. The number of amides is 2. The normalized spacial score (nSPS) is 18.4. The zero-order chi connectivity index (χ0) is 36.9. The summed E-state index contributed by atoms with van der Waals surface area (Å²) in [6.07, 6.45) is 1.92. The van der Waals surface area contributed by atoms with Crippen LogP contribution >= 0.6 is 0 Å². The van der Waals surface area contributed by atoms with Gasteiger partial charge in [-0.2, -0.15) is 0 Å². The minimum atomic E-state index is -0.643. The smallest absolute Gasteiger partial charge is 0.224 e. The SMILES string of the molecule is C[C@@H]([C@H](O)c1ccccc1)N(C)C[C@@H]1C[C@H](c2ccc(CO)cc2)O[C@H](c2ccc(CNC(=O)CCCCCC(=O)Nc3ccccc3N)cc2)O1. The maximum atomic E-state index is 12.5. The minimum Gasteiger partial charge on any atom is -0.397 e. The van der Waals surface area contributed by atoms with E-state index in [0.717, 1.165) is 34.2 Å². The maximum Gasteiger partial charge on any atom is 0.224 e. The van der Waals surface area contributed by atoms with Crippen LogP contribution in [0.25, 0.3) is 0 Å². The van der Waals surface area contributed by atoms with Gasteiger partial charge in [-0.3, -0.25) is 14.5 Å². The number of carbonyl (C=O) groups is 2. The Morgan fingerprint density at radius 1 is 0.827 bits per heavy atom. The van der Waals surface area contributed by atoms with Gasteiger partial charge in [0.2, 0.25) is 11.8 Å². The summed E-state index contributed by atoms with van der Waals surface area (Å²) < 4.78 is 13.1. The Labute approximate surface area is 307 Å². The Morgan fingerprint density at radius 2 is 1.46 bits per heavy atom. The Bertz CT molecular complexity index is 1700. The summed E-state index contributed by atoms with van der Waals surface area (Å²) in [6, 6.07) is 32.4. The molecule has 0 aliphatic carbocycles. The highest BCUT2D eigenvalue weighted by atomic mass is 16.7. The molecule has 10 heteroatoms. The average molecular weight is 709 g/mol. The van der Waals surface area contributed by atoms with E-state index in [0.29, 0.717) is 56.6 Å². The number of likely N-dealkylation sites (N-methyl/N-ethyl adjacent to an activating group) is 1. The van der Waals surface area contributed by atoms with Crippen molar-refractivity contribution in [3.05, 3.63) is 131 Å². The molecule has 4 aromatic rings. The van der Waals surface area contributed by atoms with E-state index in [1.165, 1.54) is 0 Å². The lowest BCUT2D eigenvalue weighted by molar-refractivity contribution is -0.253. The highest BCUT2D eigenvalue weighted by Crippen LogP contribution is 2.38. The lowest BCUT2D eigenvalue weighted by atomic mass is 9.98. The number of anilines is 2. The molecule has 0 spiro atoms. The third-order valence-electron chi connectivity index (χ3n) is 9.68. The molecule has 5 rings (SSSR count). The first-order valence-corrected chi connectivity index (χ1v) is 18.1. The van der Waals surface area contributed by atoms with E-state index in [1.54, 1.807) is 12.1 Å². The number of unbranched alkanes of at least 4 members (excludes halogenated alkanes) is 2. The topological polar surface area (TPSA) is 146 Å². The molecule has 1 aliphatic heterocycles. The number of benzene rings is 4. The minimum absolute atomic E-state index is 0.0222. The van der Waals surface area contributed by atoms with E-state index >= 15 is 0 Å². The zero-order valence-corrected chi connectivity index (χ0v) is 30.1. The highest BCUT2D eigenvalue weighted by Gasteiger charge is 2.34. The van der Waals surface area contributed by atoms with Crippen LogP contribution in [0.3, 0.4) is 0 Å².